The van der Waals surface area contributed by atoms with E-state index < -0.39 is 0 Å². The smallest absolute Gasteiger partial charge is 0.309 e. The van der Waals surface area contributed by atoms with Gasteiger partial charge in [-0.05, 0) is 47.3 Å². The average molecular weight is 457 g/mol. The molecule has 6 nitrogen and oxygen atoms in total. The molecular formula is C25H32N2O4S. The zero-order chi connectivity index (χ0) is 23.3. The number of anilines is 1. The fourth-order valence-corrected chi connectivity index (χ4v) is 4.69. The van der Waals surface area contributed by atoms with Crippen LogP contribution in [0.1, 0.15) is 73.2 Å². The molecule has 32 heavy (non-hydrogen) atoms. The molecule has 1 aliphatic heterocycles. The van der Waals surface area contributed by atoms with Crippen molar-refractivity contribution in [3.63, 3.8) is 0 Å². The monoisotopic (exact) mass is 456 g/mol. The van der Waals surface area contributed by atoms with Gasteiger partial charge >= 0.3 is 5.97 Å². The lowest BCUT2D eigenvalue weighted by Gasteiger charge is -2.30. The second-order valence-corrected chi connectivity index (χ2v) is 9.77. The largest absolute Gasteiger partial charge is 0.455 e. The molecule has 0 atom stereocenters. The number of nitrogens with zero attached hydrogens (tertiary/aromatic N) is 1. The highest BCUT2D eigenvalue weighted by Gasteiger charge is 2.29. The molecule has 1 N–H and O–H groups in total. The van der Waals surface area contributed by atoms with Crippen LogP contribution in [0.2, 0.25) is 0 Å². The summed E-state index contributed by atoms with van der Waals surface area (Å²) in [6.45, 7) is 9.08. The van der Waals surface area contributed by atoms with E-state index in [1.165, 1.54) is 11.3 Å². The van der Waals surface area contributed by atoms with Gasteiger partial charge in [0.05, 0.1) is 10.8 Å². The van der Waals surface area contributed by atoms with Gasteiger partial charge in [-0.25, -0.2) is 0 Å². The Morgan fingerprint density at radius 3 is 2.19 bits per heavy atom. The van der Waals surface area contributed by atoms with Crippen molar-refractivity contribution in [3.05, 3.63) is 51.7 Å². The summed E-state index contributed by atoms with van der Waals surface area (Å²) < 4.78 is 5.33. The van der Waals surface area contributed by atoms with Gasteiger partial charge in [-0.2, -0.15) is 0 Å². The quantitative estimate of drug-likeness (QED) is 0.593. The van der Waals surface area contributed by atoms with Gasteiger partial charge in [0.15, 0.2) is 6.61 Å². The van der Waals surface area contributed by atoms with Crippen LogP contribution >= 0.6 is 11.3 Å². The van der Waals surface area contributed by atoms with Crippen molar-refractivity contribution in [3.8, 4) is 0 Å². The van der Waals surface area contributed by atoms with E-state index in [0.717, 1.165) is 16.8 Å². The minimum atomic E-state index is -0.371. The van der Waals surface area contributed by atoms with Gasteiger partial charge < -0.3 is 15.0 Å². The number of para-hydroxylation sites is 1. The van der Waals surface area contributed by atoms with Crippen molar-refractivity contribution >= 4 is 34.8 Å². The molecule has 0 radical (unpaired) electrons. The van der Waals surface area contributed by atoms with Crippen LogP contribution in [0, 0.1) is 5.92 Å². The van der Waals surface area contributed by atoms with Crippen molar-refractivity contribution in [1.82, 2.24) is 4.90 Å². The molecule has 3 rings (SSSR count). The van der Waals surface area contributed by atoms with Gasteiger partial charge in [-0.1, -0.05) is 52.0 Å². The number of carbonyl (C=O) groups is 3. The molecule has 2 aromatic rings. The highest BCUT2D eigenvalue weighted by Crippen LogP contribution is 2.32. The molecule has 1 fully saturated rings. The molecule has 0 unspecified atom stereocenters. The van der Waals surface area contributed by atoms with Crippen LogP contribution in [0.5, 0.6) is 0 Å². The van der Waals surface area contributed by atoms with Gasteiger partial charge in [0.1, 0.15) is 0 Å². The third-order valence-corrected chi connectivity index (χ3v) is 6.69. The first-order chi connectivity index (χ1) is 15.3. The van der Waals surface area contributed by atoms with Crippen LogP contribution in [0.4, 0.5) is 5.69 Å². The average Bonchev–Trinajstić information content (AvgIpc) is 3.32. The molecule has 0 aliphatic carbocycles. The van der Waals surface area contributed by atoms with Gasteiger partial charge in [0.2, 0.25) is 0 Å². The van der Waals surface area contributed by atoms with Crippen LogP contribution in [0.3, 0.4) is 0 Å². The number of esters is 1. The van der Waals surface area contributed by atoms with E-state index in [1.807, 2.05) is 35.7 Å². The van der Waals surface area contributed by atoms with Gasteiger partial charge in [-0.15, -0.1) is 11.3 Å². The van der Waals surface area contributed by atoms with Crippen molar-refractivity contribution in [2.45, 2.75) is 52.4 Å². The molecule has 0 bridgehead atoms. The van der Waals surface area contributed by atoms with Crippen LogP contribution < -0.4 is 5.32 Å². The number of amides is 2. The number of benzene rings is 1. The predicted molar refractivity (Wildman–Crippen MR) is 127 cm³/mol. The molecule has 1 aromatic carbocycles. The Morgan fingerprint density at radius 1 is 1.03 bits per heavy atom. The fraction of sp³-hybridized carbons (Fsp3) is 0.480. The Kier molecular flexibility index (Phi) is 8.07. The Morgan fingerprint density at radius 2 is 1.66 bits per heavy atom. The predicted octanol–water partition coefficient (Wildman–Crippen LogP) is 5.03. The zero-order valence-corrected chi connectivity index (χ0v) is 20.0. The molecular weight excluding hydrogens is 424 g/mol. The normalized spacial score (nSPS) is 14.6. The highest BCUT2D eigenvalue weighted by atomic mass is 32.1. The lowest BCUT2D eigenvalue weighted by atomic mass is 9.92. The molecule has 0 saturated carbocycles. The standard InChI is InChI=1S/C25H32N2O4S/c1-16(2)19-7-5-8-20(17(3)4)23(19)26-22(28)15-31-25(30)18-10-12-27(13-11-18)24(29)21-9-6-14-32-21/h5-9,14,16-18H,10-13,15H2,1-4H3,(H,26,28). The van der Waals surface area contributed by atoms with E-state index in [1.54, 1.807) is 4.90 Å². The molecule has 7 heteroatoms. The maximum absolute atomic E-state index is 12.6. The summed E-state index contributed by atoms with van der Waals surface area (Å²) in [7, 11) is 0. The van der Waals surface area contributed by atoms with Gasteiger partial charge in [0, 0.05) is 18.8 Å². The minimum Gasteiger partial charge on any atom is -0.455 e. The maximum atomic E-state index is 12.6. The van der Waals surface area contributed by atoms with Crippen LogP contribution in [0.15, 0.2) is 35.7 Å². The number of piperidine rings is 1. The van der Waals surface area contributed by atoms with E-state index in [0.29, 0.717) is 30.8 Å². The van der Waals surface area contributed by atoms with Crippen molar-refractivity contribution in [1.29, 1.82) is 0 Å². The fourth-order valence-electron chi connectivity index (χ4n) is 4.00. The van der Waals surface area contributed by atoms with Gasteiger partial charge in [-0.3, -0.25) is 14.4 Å². The summed E-state index contributed by atoms with van der Waals surface area (Å²) >= 11 is 1.42. The summed E-state index contributed by atoms with van der Waals surface area (Å²) in [6.07, 6.45) is 1.09. The van der Waals surface area contributed by atoms with Crippen molar-refractivity contribution in [2.24, 2.45) is 5.92 Å². The van der Waals surface area contributed by atoms with Crippen LogP contribution in [-0.4, -0.2) is 42.4 Å². The SMILES string of the molecule is CC(C)c1cccc(C(C)C)c1NC(=O)COC(=O)C1CCN(C(=O)c2cccs2)CC1. The number of likely N-dealkylation sites (tertiary alicyclic amines) is 1. The molecule has 1 aliphatic rings. The van der Waals surface area contributed by atoms with Crippen molar-refractivity contribution in [2.75, 3.05) is 25.0 Å². The lowest BCUT2D eigenvalue weighted by Crippen LogP contribution is -2.40. The third kappa shape index (κ3) is 5.76. The Balaban J connectivity index is 1.52. The number of thiophene rings is 1. The van der Waals surface area contributed by atoms with Crippen LogP contribution in [-0.2, 0) is 14.3 Å². The topological polar surface area (TPSA) is 75.7 Å². The minimum absolute atomic E-state index is 0.0102. The number of hydrogen-bond acceptors (Lipinski definition) is 5. The van der Waals surface area contributed by atoms with Crippen molar-refractivity contribution < 1.29 is 19.1 Å². The lowest BCUT2D eigenvalue weighted by molar-refractivity contribution is -0.152. The summed E-state index contributed by atoms with van der Waals surface area (Å²) in [4.78, 5) is 40.0. The summed E-state index contributed by atoms with van der Waals surface area (Å²) in [5, 5.41) is 4.85. The van der Waals surface area contributed by atoms with E-state index >= 15 is 0 Å². The summed E-state index contributed by atoms with van der Waals surface area (Å²) in [5.74, 6) is -0.467. The Hall–Kier alpha value is -2.67. The summed E-state index contributed by atoms with van der Waals surface area (Å²) in [5.41, 5.74) is 2.95. The number of ether oxygens (including phenoxy) is 1. The van der Waals surface area contributed by atoms with E-state index in [2.05, 4.69) is 33.0 Å². The molecule has 0 spiro atoms. The Labute approximate surface area is 194 Å². The Bertz CT molecular complexity index is 919. The molecule has 2 heterocycles. The van der Waals surface area contributed by atoms with Gasteiger partial charge in [0.25, 0.3) is 11.8 Å². The number of nitrogens with one attached hydrogen (secondary N) is 1. The number of hydrogen-bond donors (Lipinski definition) is 1. The second-order valence-electron chi connectivity index (χ2n) is 8.82. The first-order valence-corrected chi connectivity index (χ1v) is 12.1. The molecule has 2 amide bonds. The second kappa shape index (κ2) is 10.8. The molecule has 1 saturated heterocycles. The van der Waals surface area contributed by atoms with E-state index in [9.17, 15) is 14.4 Å². The van der Waals surface area contributed by atoms with E-state index in [4.69, 9.17) is 4.74 Å². The maximum Gasteiger partial charge on any atom is 0.309 e. The number of carbonyl (C=O) groups excluding carboxylic acids is 3. The van der Waals surface area contributed by atoms with Crippen LogP contribution in [0.25, 0.3) is 0 Å². The van der Waals surface area contributed by atoms with E-state index in [-0.39, 0.29) is 42.1 Å². The summed E-state index contributed by atoms with van der Waals surface area (Å²) in [6, 6.07) is 9.72. The third-order valence-electron chi connectivity index (χ3n) is 5.83. The first-order valence-electron chi connectivity index (χ1n) is 11.2. The zero-order valence-electron chi connectivity index (χ0n) is 19.2. The number of rotatable bonds is 7. The molecule has 1 aromatic heterocycles. The molecule has 172 valence electrons. The highest BCUT2D eigenvalue weighted by molar-refractivity contribution is 7.12. The first kappa shape index (κ1) is 24.0.